The van der Waals surface area contributed by atoms with Gasteiger partial charge in [0.15, 0.2) is 5.69 Å². The van der Waals surface area contributed by atoms with E-state index in [0.717, 1.165) is 6.08 Å². The van der Waals surface area contributed by atoms with Gasteiger partial charge < -0.3 is 0 Å². The van der Waals surface area contributed by atoms with Gasteiger partial charge in [-0.2, -0.15) is 31.4 Å². The monoisotopic (exact) mass is 316 g/mol. The minimum absolute atomic E-state index is 0.120. The van der Waals surface area contributed by atoms with Crippen molar-refractivity contribution in [2.75, 3.05) is 0 Å². The van der Waals surface area contributed by atoms with Crippen LogP contribution in [0.2, 0.25) is 0 Å². The van der Waals surface area contributed by atoms with E-state index < -0.39 is 29.1 Å². The fourth-order valence-electron chi connectivity index (χ4n) is 1.81. The SMILES string of the molecule is FC(F)(F)c1nn(C(Cl)C(F)(F)F)c2c1C=CC=CC2. The smallest absolute Gasteiger partial charge is 0.241 e. The Morgan fingerprint density at radius 1 is 1.15 bits per heavy atom. The van der Waals surface area contributed by atoms with Crippen molar-refractivity contribution in [3.8, 4) is 0 Å². The Labute approximate surface area is 114 Å². The molecule has 0 bridgehead atoms. The molecule has 2 rings (SSSR count). The van der Waals surface area contributed by atoms with Gasteiger partial charge in [-0.15, -0.1) is 0 Å². The third-order valence-electron chi connectivity index (χ3n) is 2.62. The van der Waals surface area contributed by atoms with Gasteiger partial charge in [0.05, 0.1) is 5.69 Å². The quantitative estimate of drug-likeness (QED) is 0.557. The molecule has 0 radical (unpaired) electrons. The molecule has 0 saturated heterocycles. The highest BCUT2D eigenvalue weighted by atomic mass is 35.5. The van der Waals surface area contributed by atoms with Gasteiger partial charge in [0.2, 0.25) is 5.50 Å². The molecule has 0 fully saturated rings. The Morgan fingerprint density at radius 3 is 2.35 bits per heavy atom. The molecule has 0 aliphatic heterocycles. The molecule has 0 N–H and O–H groups in total. The predicted molar refractivity (Wildman–Crippen MR) is 60.1 cm³/mol. The number of hydrogen-bond acceptors (Lipinski definition) is 1. The summed E-state index contributed by atoms with van der Waals surface area (Å²) in [5.74, 6) is 0. The van der Waals surface area contributed by atoms with Crippen molar-refractivity contribution in [2.45, 2.75) is 24.3 Å². The molecule has 1 atom stereocenters. The number of aromatic nitrogens is 2. The second kappa shape index (κ2) is 4.83. The van der Waals surface area contributed by atoms with Crippen LogP contribution in [0.15, 0.2) is 18.2 Å². The molecule has 1 aliphatic carbocycles. The summed E-state index contributed by atoms with van der Waals surface area (Å²) in [5, 5.41) is 3.03. The zero-order valence-corrected chi connectivity index (χ0v) is 10.4. The first-order valence-corrected chi connectivity index (χ1v) is 5.78. The van der Waals surface area contributed by atoms with Crippen molar-refractivity contribution in [3.05, 3.63) is 35.2 Å². The average molecular weight is 317 g/mol. The lowest BCUT2D eigenvalue weighted by atomic mass is 10.1. The van der Waals surface area contributed by atoms with E-state index in [9.17, 15) is 26.3 Å². The van der Waals surface area contributed by atoms with E-state index in [2.05, 4.69) is 5.10 Å². The largest absolute Gasteiger partial charge is 0.435 e. The molecule has 0 spiro atoms. The summed E-state index contributed by atoms with van der Waals surface area (Å²) in [4.78, 5) is 0. The highest BCUT2D eigenvalue weighted by Gasteiger charge is 2.45. The number of allylic oxidation sites excluding steroid dienone is 3. The van der Waals surface area contributed by atoms with Crippen LogP contribution in [-0.4, -0.2) is 16.0 Å². The summed E-state index contributed by atoms with van der Waals surface area (Å²) in [6.07, 6.45) is -4.61. The molecule has 1 aromatic heterocycles. The summed E-state index contributed by atoms with van der Waals surface area (Å²) in [5.41, 5.74) is -4.63. The van der Waals surface area contributed by atoms with E-state index in [1.807, 2.05) is 0 Å². The van der Waals surface area contributed by atoms with Gasteiger partial charge in [0.25, 0.3) is 0 Å². The standard InChI is InChI=1S/C11H7ClF6N2/c12-9(11(16,17)18)20-7-5-3-1-2-4-6(7)8(19-20)10(13,14)15/h1-4,9H,5H2. The van der Waals surface area contributed by atoms with Crippen LogP contribution in [0.4, 0.5) is 26.3 Å². The molecule has 0 aromatic carbocycles. The van der Waals surface area contributed by atoms with Gasteiger partial charge in [-0.3, -0.25) is 0 Å². The van der Waals surface area contributed by atoms with Crippen LogP contribution in [0, 0.1) is 0 Å². The Bertz CT molecular complexity index is 567. The molecule has 1 aromatic rings. The normalized spacial score (nSPS) is 16.9. The Kier molecular flexibility index (Phi) is 3.62. The van der Waals surface area contributed by atoms with E-state index in [1.165, 1.54) is 18.2 Å². The second-order valence-corrected chi connectivity index (χ2v) is 4.43. The van der Waals surface area contributed by atoms with Gasteiger partial charge in [0.1, 0.15) is 0 Å². The summed E-state index contributed by atoms with van der Waals surface area (Å²) in [6.45, 7) is 0. The Balaban J connectivity index is 2.63. The first-order chi connectivity index (χ1) is 9.12. The maximum Gasteiger partial charge on any atom is 0.435 e. The summed E-state index contributed by atoms with van der Waals surface area (Å²) in [6, 6.07) is 0. The molecule has 0 amide bonds. The zero-order valence-electron chi connectivity index (χ0n) is 9.63. The van der Waals surface area contributed by atoms with Crippen molar-refractivity contribution in [2.24, 2.45) is 0 Å². The van der Waals surface area contributed by atoms with Crippen molar-refractivity contribution in [1.29, 1.82) is 0 Å². The summed E-state index contributed by atoms with van der Waals surface area (Å²) >= 11 is 5.20. The van der Waals surface area contributed by atoms with E-state index in [4.69, 9.17) is 11.6 Å². The Hall–Kier alpha value is -1.44. The number of alkyl halides is 7. The van der Waals surface area contributed by atoms with Crippen molar-refractivity contribution in [3.63, 3.8) is 0 Å². The summed E-state index contributed by atoms with van der Waals surface area (Å²) in [7, 11) is 0. The van der Waals surface area contributed by atoms with Gasteiger partial charge in [0, 0.05) is 12.0 Å². The van der Waals surface area contributed by atoms with E-state index in [-0.39, 0.29) is 16.8 Å². The van der Waals surface area contributed by atoms with E-state index in [1.54, 1.807) is 0 Å². The number of fused-ring (bicyclic) bond motifs is 1. The maximum atomic E-state index is 12.8. The first kappa shape index (κ1) is 15.0. The van der Waals surface area contributed by atoms with Crippen molar-refractivity contribution >= 4 is 17.7 Å². The number of halogens is 7. The van der Waals surface area contributed by atoms with Crippen molar-refractivity contribution in [1.82, 2.24) is 9.78 Å². The summed E-state index contributed by atoms with van der Waals surface area (Å²) < 4.78 is 76.5. The van der Waals surface area contributed by atoms with Gasteiger partial charge in [-0.1, -0.05) is 35.9 Å². The fourth-order valence-corrected chi connectivity index (χ4v) is 1.97. The molecule has 1 heterocycles. The molecule has 9 heteroatoms. The van der Waals surface area contributed by atoms with Crippen molar-refractivity contribution < 1.29 is 26.3 Å². The van der Waals surface area contributed by atoms with Crippen LogP contribution < -0.4 is 0 Å². The lowest BCUT2D eigenvalue weighted by Gasteiger charge is -2.16. The van der Waals surface area contributed by atoms with Crippen LogP contribution in [0.1, 0.15) is 22.5 Å². The topological polar surface area (TPSA) is 17.8 Å². The number of nitrogens with zero attached hydrogens (tertiary/aromatic N) is 2. The number of rotatable bonds is 1. The molecular weight excluding hydrogens is 310 g/mol. The average Bonchev–Trinajstić information content (AvgIpc) is 2.50. The fraction of sp³-hybridized carbons (Fsp3) is 0.364. The second-order valence-electron chi connectivity index (χ2n) is 4.02. The third kappa shape index (κ3) is 2.70. The van der Waals surface area contributed by atoms with Gasteiger partial charge in [-0.25, -0.2) is 4.68 Å². The Morgan fingerprint density at radius 2 is 1.80 bits per heavy atom. The highest BCUT2D eigenvalue weighted by Crippen LogP contribution is 2.40. The molecule has 110 valence electrons. The van der Waals surface area contributed by atoms with Gasteiger partial charge in [-0.05, 0) is 0 Å². The third-order valence-corrected chi connectivity index (χ3v) is 3.06. The lowest BCUT2D eigenvalue weighted by molar-refractivity contribution is -0.152. The molecule has 1 aliphatic rings. The zero-order chi connectivity index (χ0) is 15.1. The lowest BCUT2D eigenvalue weighted by Crippen LogP contribution is -2.24. The van der Waals surface area contributed by atoms with Crippen LogP contribution in [0.25, 0.3) is 6.08 Å². The van der Waals surface area contributed by atoms with Gasteiger partial charge >= 0.3 is 12.4 Å². The van der Waals surface area contributed by atoms with E-state index >= 15 is 0 Å². The maximum absolute atomic E-state index is 12.8. The minimum Gasteiger partial charge on any atom is -0.241 e. The minimum atomic E-state index is -4.90. The molecule has 0 saturated carbocycles. The van der Waals surface area contributed by atoms with E-state index in [0.29, 0.717) is 0 Å². The highest BCUT2D eigenvalue weighted by molar-refractivity contribution is 6.19. The van der Waals surface area contributed by atoms with Crippen LogP contribution in [-0.2, 0) is 12.6 Å². The van der Waals surface area contributed by atoms with Crippen LogP contribution in [0.3, 0.4) is 0 Å². The van der Waals surface area contributed by atoms with Crippen LogP contribution >= 0.6 is 11.6 Å². The molecular formula is C11H7ClF6N2. The molecule has 2 nitrogen and oxygen atoms in total. The van der Waals surface area contributed by atoms with Crippen LogP contribution in [0.5, 0.6) is 0 Å². The number of hydrogen-bond donors (Lipinski definition) is 0. The first-order valence-electron chi connectivity index (χ1n) is 5.35. The molecule has 20 heavy (non-hydrogen) atoms. The predicted octanol–water partition coefficient (Wildman–Crippen LogP) is 4.33. The molecule has 1 unspecified atom stereocenters.